The molecule has 0 aliphatic carbocycles. The van der Waals surface area contributed by atoms with Crippen LogP contribution in [0.15, 0.2) is 24.3 Å². The standard InChI is InChI=1S/C13H13FN2O/c1-8-6-10(4-5-11(8)14)13-7-12(9(2)17)15-16(13)3/h4-7H,1-3H3. The van der Waals surface area contributed by atoms with Crippen molar-refractivity contribution in [3.63, 3.8) is 0 Å². The summed E-state index contributed by atoms with van der Waals surface area (Å²) in [6, 6.07) is 6.57. The molecular weight excluding hydrogens is 219 g/mol. The molecule has 0 N–H and O–H groups in total. The Kier molecular flexibility index (Phi) is 2.79. The number of Topliss-reactive ketones (excluding diaryl/α,β-unsaturated/α-hetero) is 1. The van der Waals surface area contributed by atoms with E-state index in [0.717, 1.165) is 11.3 Å². The van der Waals surface area contributed by atoms with Crippen molar-refractivity contribution in [1.82, 2.24) is 9.78 Å². The molecule has 0 unspecified atom stereocenters. The van der Waals surface area contributed by atoms with E-state index < -0.39 is 0 Å². The van der Waals surface area contributed by atoms with Gasteiger partial charge in [-0.25, -0.2) is 4.39 Å². The summed E-state index contributed by atoms with van der Waals surface area (Å²) in [7, 11) is 1.76. The van der Waals surface area contributed by atoms with Crippen LogP contribution in [0, 0.1) is 12.7 Å². The van der Waals surface area contributed by atoms with Crippen molar-refractivity contribution < 1.29 is 9.18 Å². The van der Waals surface area contributed by atoms with E-state index in [1.165, 1.54) is 13.0 Å². The lowest BCUT2D eigenvalue weighted by molar-refractivity contribution is 0.101. The van der Waals surface area contributed by atoms with Crippen LogP contribution < -0.4 is 0 Å². The Morgan fingerprint density at radius 3 is 2.59 bits per heavy atom. The second-order valence-corrected chi connectivity index (χ2v) is 4.06. The highest BCUT2D eigenvalue weighted by atomic mass is 19.1. The van der Waals surface area contributed by atoms with Crippen molar-refractivity contribution >= 4 is 5.78 Å². The summed E-state index contributed by atoms with van der Waals surface area (Å²) in [4.78, 5) is 11.2. The molecule has 1 heterocycles. The molecule has 0 saturated carbocycles. The molecule has 0 spiro atoms. The fourth-order valence-corrected chi connectivity index (χ4v) is 1.71. The Morgan fingerprint density at radius 2 is 2.06 bits per heavy atom. The van der Waals surface area contributed by atoms with Gasteiger partial charge in [-0.2, -0.15) is 5.10 Å². The number of hydrogen-bond donors (Lipinski definition) is 0. The smallest absolute Gasteiger partial charge is 0.180 e. The molecule has 0 radical (unpaired) electrons. The minimum atomic E-state index is -0.234. The highest BCUT2D eigenvalue weighted by molar-refractivity contribution is 5.93. The monoisotopic (exact) mass is 232 g/mol. The number of carbonyl (C=O) groups excluding carboxylic acids is 1. The largest absolute Gasteiger partial charge is 0.293 e. The lowest BCUT2D eigenvalue weighted by Crippen LogP contribution is -1.97. The van der Waals surface area contributed by atoms with E-state index in [9.17, 15) is 9.18 Å². The molecule has 88 valence electrons. The normalized spacial score (nSPS) is 10.6. The van der Waals surface area contributed by atoms with E-state index in [-0.39, 0.29) is 11.6 Å². The highest BCUT2D eigenvalue weighted by Crippen LogP contribution is 2.22. The number of carbonyl (C=O) groups is 1. The van der Waals surface area contributed by atoms with Crippen LogP contribution in [0.1, 0.15) is 23.0 Å². The van der Waals surface area contributed by atoms with E-state index in [2.05, 4.69) is 5.10 Å². The summed E-state index contributed by atoms with van der Waals surface area (Å²) in [6.45, 7) is 3.18. The van der Waals surface area contributed by atoms with Gasteiger partial charge in [0.1, 0.15) is 11.5 Å². The lowest BCUT2D eigenvalue weighted by atomic mass is 10.1. The third-order valence-electron chi connectivity index (χ3n) is 2.69. The molecule has 1 aromatic carbocycles. The van der Waals surface area contributed by atoms with E-state index in [0.29, 0.717) is 11.3 Å². The summed E-state index contributed by atoms with van der Waals surface area (Å²) in [5.41, 5.74) is 2.65. The molecule has 1 aromatic heterocycles. The van der Waals surface area contributed by atoms with Crippen molar-refractivity contribution in [3.8, 4) is 11.3 Å². The Hall–Kier alpha value is -1.97. The van der Waals surface area contributed by atoms with Gasteiger partial charge in [-0.3, -0.25) is 9.48 Å². The average molecular weight is 232 g/mol. The first-order valence-electron chi connectivity index (χ1n) is 5.30. The minimum absolute atomic E-state index is 0.0781. The first kappa shape index (κ1) is 11.5. The fraction of sp³-hybridized carbons (Fsp3) is 0.231. The van der Waals surface area contributed by atoms with Crippen LogP contribution in [0.3, 0.4) is 0 Å². The molecule has 2 rings (SSSR count). The Labute approximate surface area is 98.9 Å². The second kappa shape index (κ2) is 4.13. The van der Waals surface area contributed by atoms with Crippen LogP contribution in [0.5, 0.6) is 0 Å². The van der Waals surface area contributed by atoms with E-state index >= 15 is 0 Å². The SMILES string of the molecule is CC(=O)c1cc(-c2ccc(F)c(C)c2)n(C)n1. The quantitative estimate of drug-likeness (QED) is 0.746. The zero-order valence-electron chi connectivity index (χ0n) is 9.99. The molecule has 0 atom stereocenters. The summed E-state index contributed by atoms with van der Waals surface area (Å²) in [6.07, 6.45) is 0. The molecule has 0 bridgehead atoms. The fourth-order valence-electron chi connectivity index (χ4n) is 1.71. The van der Waals surface area contributed by atoms with Gasteiger partial charge in [-0.15, -0.1) is 0 Å². The van der Waals surface area contributed by atoms with E-state index in [4.69, 9.17) is 0 Å². The Morgan fingerprint density at radius 1 is 1.35 bits per heavy atom. The summed E-state index contributed by atoms with van der Waals surface area (Å²) >= 11 is 0. The predicted molar refractivity (Wildman–Crippen MR) is 63.3 cm³/mol. The third kappa shape index (κ3) is 2.11. The number of nitrogens with zero attached hydrogens (tertiary/aromatic N) is 2. The molecule has 0 fully saturated rings. The minimum Gasteiger partial charge on any atom is -0.293 e. The summed E-state index contributed by atoms with van der Waals surface area (Å²) in [5, 5.41) is 4.11. The zero-order valence-corrected chi connectivity index (χ0v) is 9.99. The molecule has 4 heteroatoms. The van der Waals surface area contributed by atoms with Gasteiger partial charge >= 0.3 is 0 Å². The van der Waals surface area contributed by atoms with Gasteiger partial charge in [-0.05, 0) is 36.8 Å². The first-order chi connectivity index (χ1) is 7.99. The van der Waals surface area contributed by atoms with Crippen molar-refractivity contribution in [3.05, 3.63) is 41.3 Å². The van der Waals surface area contributed by atoms with Crippen LogP contribution >= 0.6 is 0 Å². The third-order valence-corrected chi connectivity index (χ3v) is 2.69. The van der Waals surface area contributed by atoms with Gasteiger partial charge < -0.3 is 0 Å². The molecule has 0 amide bonds. The average Bonchev–Trinajstić information content (AvgIpc) is 2.65. The zero-order chi connectivity index (χ0) is 12.6. The van der Waals surface area contributed by atoms with E-state index in [1.54, 1.807) is 36.9 Å². The van der Waals surface area contributed by atoms with Crippen LogP contribution in [0.2, 0.25) is 0 Å². The van der Waals surface area contributed by atoms with Gasteiger partial charge in [0, 0.05) is 19.5 Å². The van der Waals surface area contributed by atoms with Gasteiger partial charge in [-0.1, -0.05) is 0 Å². The summed E-state index contributed by atoms with van der Waals surface area (Å²) < 4.78 is 14.8. The number of benzene rings is 1. The maximum atomic E-state index is 13.2. The number of hydrogen-bond acceptors (Lipinski definition) is 2. The molecule has 2 aromatic rings. The van der Waals surface area contributed by atoms with Gasteiger partial charge in [0.05, 0.1) is 5.69 Å². The summed E-state index contributed by atoms with van der Waals surface area (Å²) in [5.74, 6) is -0.312. The maximum absolute atomic E-state index is 13.2. The number of halogens is 1. The van der Waals surface area contributed by atoms with Crippen LogP contribution in [0.4, 0.5) is 4.39 Å². The van der Waals surface area contributed by atoms with E-state index in [1.807, 2.05) is 0 Å². The molecule has 3 nitrogen and oxygen atoms in total. The molecule has 0 aliphatic heterocycles. The number of aryl methyl sites for hydroxylation is 2. The molecule has 0 aliphatic rings. The molecular formula is C13H13FN2O. The van der Waals surface area contributed by atoms with Crippen LogP contribution in [-0.2, 0) is 7.05 Å². The molecule has 0 saturated heterocycles. The number of aromatic nitrogens is 2. The van der Waals surface area contributed by atoms with Gasteiger partial charge in [0.25, 0.3) is 0 Å². The molecule has 17 heavy (non-hydrogen) atoms. The van der Waals surface area contributed by atoms with Crippen molar-refractivity contribution in [2.45, 2.75) is 13.8 Å². The predicted octanol–water partition coefficient (Wildman–Crippen LogP) is 2.74. The van der Waals surface area contributed by atoms with Crippen molar-refractivity contribution in [1.29, 1.82) is 0 Å². The van der Waals surface area contributed by atoms with Gasteiger partial charge in [0.2, 0.25) is 0 Å². The van der Waals surface area contributed by atoms with Gasteiger partial charge in [0.15, 0.2) is 5.78 Å². The van der Waals surface area contributed by atoms with Crippen LogP contribution in [-0.4, -0.2) is 15.6 Å². The van der Waals surface area contributed by atoms with Crippen LogP contribution in [0.25, 0.3) is 11.3 Å². The first-order valence-corrected chi connectivity index (χ1v) is 5.30. The Balaban J connectivity index is 2.52. The maximum Gasteiger partial charge on any atom is 0.180 e. The van der Waals surface area contributed by atoms with Crippen molar-refractivity contribution in [2.75, 3.05) is 0 Å². The topological polar surface area (TPSA) is 34.9 Å². The second-order valence-electron chi connectivity index (χ2n) is 4.06. The lowest BCUT2D eigenvalue weighted by Gasteiger charge is -2.03. The Bertz CT molecular complexity index is 587. The van der Waals surface area contributed by atoms with Crippen molar-refractivity contribution in [2.24, 2.45) is 7.05 Å². The number of rotatable bonds is 2. The number of ketones is 1. The highest BCUT2D eigenvalue weighted by Gasteiger charge is 2.11.